The molecule has 0 aromatic heterocycles. The van der Waals surface area contributed by atoms with Crippen LogP contribution in [0.3, 0.4) is 0 Å². The van der Waals surface area contributed by atoms with Crippen molar-refractivity contribution in [1.82, 2.24) is 4.31 Å². The number of morpholine rings is 1. The average molecular weight is 290 g/mol. The van der Waals surface area contributed by atoms with Crippen LogP contribution in [-0.4, -0.2) is 44.3 Å². The van der Waals surface area contributed by atoms with Crippen LogP contribution in [0.25, 0.3) is 0 Å². The van der Waals surface area contributed by atoms with Crippen LogP contribution >= 0.6 is 11.6 Å². The molecule has 0 saturated carbocycles. The van der Waals surface area contributed by atoms with Crippen molar-refractivity contribution in [3.05, 3.63) is 29.8 Å². The van der Waals surface area contributed by atoms with E-state index in [0.717, 1.165) is 0 Å². The highest BCUT2D eigenvalue weighted by molar-refractivity contribution is 7.89. The maximum Gasteiger partial charge on any atom is 0.253 e. The lowest BCUT2D eigenvalue weighted by Gasteiger charge is -2.26. The molecule has 98 valence electrons. The molecule has 1 aromatic rings. The van der Waals surface area contributed by atoms with Gasteiger partial charge in [-0.25, -0.2) is 8.42 Å². The van der Waals surface area contributed by atoms with Crippen LogP contribution in [0.4, 0.5) is 0 Å². The molecule has 0 N–H and O–H groups in total. The van der Waals surface area contributed by atoms with Gasteiger partial charge in [-0.15, -0.1) is 0 Å². The molecule has 1 saturated heterocycles. The molecule has 18 heavy (non-hydrogen) atoms. The first kappa shape index (κ1) is 13.5. The van der Waals surface area contributed by atoms with E-state index in [1.165, 1.54) is 16.4 Å². The second kappa shape index (κ2) is 5.36. The second-order valence-electron chi connectivity index (χ2n) is 3.79. The van der Waals surface area contributed by atoms with Gasteiger partial charge < -0.3 is 4.74 Å². The Morgan fingerprint density at radius 3 is 2.44 bits per heavy atom. The molecule has 2 rings (SSSR count). The van der Waals surface area contributed by atoms with Gasteiger partial charge in [-0.2, -0.15) is 4.31 Å². The van der Waals surface area contributed by atoms with Gasteiger partial charge in [0.2, 0.25) is 10.0 Å². The molecule has 1 heterocycles. The Morgan fingerprint density at radius 1 is 1.22 bits per heavy atom. The van der Waals surface area contributed by atoms with Gasteiger partial charge in [0.1, 0.15) is 0 Å². The first-order valence-corrected chi connectivity index (χ1v) is 7.22. The van der Waals surface area contributed by atoms with Gasteiger partial charge >= 0.3 is 0 Å². The van der Waals surface area contributed by atoms with Crippen molar-refractivity contribution in [2.45, 2.75) is 4.90 Å². The molecule has 1 aliphatic heterocycles. The number of carbonyl (C=O) groups is 1. The van der Waals surface area contributed by atoms with Crippen molar-refractivity contribution in [2.24, 2.45) is 0 Å². The number of hydrogen-bond acceptors (Lipinski definition) is 4. The molecule has 1 aromatic carbocycles. The number of ether oxygens (including phenoxy) is 1. The highest BCUT2D eigenvalue weighted by atomic mass is 35.5. The average Bonchev–Trinajstić information content (AvgIpc) is 2.39. The van der Waals surface area contributed by atoms with Crippen molar-refractivity contribution >= 4 is 26.9 Å². The first-order chi connectivity index (χ1) is 8.53. The lowest BCUT2D eigenvalue weighted by molar-refractivity contribution is 0.0730. The fourth-order valence-corrected chi connectivity index (χ4v) is 3.60. The normalized spacial score (nSPS) is 17.6. The lowest BCUT2D eigenvalue weighted by atomic mass is 10.2. The minimum absolute atomic E-state index is 0.00524. The SMILES string of the molecule is O=C(Cl)c1ccccc1S(=O)(=O)N1CCOCC1. The van der Waals surface area contributed by atoms with E-state index in [0.29, 0.717) is 13.2 Å². The van der Waals surface area contributed by atoms with Crippen molar-refractivity contribution in [3.8, 4) is 0 Å². The quantitative estimate of drug-likeness (QED) is 0.781. The zero-order valence-electron chi connectivity index (χ0n) is 9.50. The molecule has 0 atom stereocenters. The van der Waals surface area contributed by atoms with Crippen LogP contribution in [0.1, 0.15) is 10.4 Å². The van der Waals surface area contributed by atoms with E-state index in [9.17, 15) is 13.2 Å². The van der Waals surface area contributed by atoms with Crippen molar-refractivity contribution in [3.63, 3.8) is 0 Å². The smallest absolute Gasteiger partial charge is 0.253 e. The van der Waals surface area contributed by atoms with Crippen molar-refractivity contribution in [2.75, 3.05) is 26.3 Å². The Balaban J connectivity index is 2.43. The fourth-order valence-electron chi connectivity index (χ4n) is 1.78. The minimum Gasteiger partial charge on any atom is -0.379 e. The Kier molecular flexibility index (Phi) is 4.01. The summed E-state index contributed by atoms with van der Waals surface area (Å²) in [5.74, 6) is 0. The zero-order chi connectivity index (χ0) is 13.2. The van der Waals surface area contributed by atoms with Crippen LogP contribution < -0.4 is 0 Å². The number of carbonyl (C=O) groups excluding carboxylic acids is 1. The molecule has 0 unspecified atom stereocenters. The van der Waals surface area contributed by atoms with E-state index in [2.05, 4.69) is 0 Å². The van der Waals surface area contributed by atoms with Gasteiger partial charge in [0, 0.05) is 13.1 Å². The Morgan fingerprint density at radius 2 is 1.83 bits per heavy atom. The van der Waals surface area contributed by atoms with E-state index < -0.39 is 15.3 Å². The molecule has 1 aliphatic rings. The highest BCUT2D eigenvalue weighted by Crippen LogP contribution is 2.22. The maximum atomic E-state index is 12.4. The summed E-state index contributed by atoms with van der Waals surface area (Å²) in [6.45, 7) is 1.28. The largest absolute Gasteiger partial charge is 0.379 e. The molecule has 5 nitrogen and oxygen atoms in total. The third-order valence-corrected chi connectivity index (χ3v) is 4.85. The molecule has 0 amide bonds. The van der Waals surface area contributed by atoms with Gasteiger partial charge in [0.15, 0.2) is 0 Å². The highest BCUT2D eigenvalue weighted by Gasteiger charge is 2.29. The van der Waals surface area contributed by atoms with E-state index in [1.807, 2.05) is 0 Å². The number of sulfonamides is 1. The van der Waals surface area contributed by atoms with E-state index >= 15 is 0 Å². The molecular formula is C11H12ClNO4S. The Labute approximate surface area is 110 Å². The molecule has 7 heteroatoms. The molecule has 0 spiro atoms. The lowest BCUT2D eigenvalue weighted by Crippen LogP contribution is -2.41. The maximum absolute atomic E-state index is 12.4. The Bertz CT molecular complexity index is 552. The number of hydrogen-bond donors (Lipinski definition) is 0. The summed E-state index contributed by atoms with van der Waals surface area (Å²) in [5, 5.41) is -0.776. The van der Waals surface area contributed by atoms with Crippen molar-refractivity contribution < 1.29 is 17.9 Å². The fraction of sp³-hybridized carbons (Fsp3) is 0.364. The standard InChI is InChI=1S/C11H12ClNO4S/c12-11(14)9-3-1-2-4-10(9)18(15,16)13-5-7-17-8-6-13/h1-4H,5-8H2. The van der Waals surface area contributed by atoms with E-state index in [1.54, 1.807) is 12.1 Å². The second-order valence-corrected chi connectivity index (χ2v) is 6.04. The first-order valence-electron chi connectivity index (χ1n) is 5.40. The summed E-state index contributed by atoms with van der Waals surface area (Å²) < 4.78 is 31.2. The predicted molar refractivity (Wildman–Crippen MR) is 66.2 cm³/mol. The monoisotopic (exact) mass is 289 g/mol. The summed E-state index contributed by atoms with van der Waals surface area (Å²) in [6, 6.07) is 5.94. The van der Waals surface area contributed by atoms with Gasteiger partial charge in [-0.3, -0.25) is 4.79 Å². The minimum atomic E-state index is -3.69. The predicted octanol–water partition coefficient (Wildman–Crippen LogP) is 1.09. The van der Waals surface area contributed by atoms with Gasteiger partial charge in [-0.1, -0.05) is 12.1 Å². The summed E-state index contributed by atoms with van der Waals surface area (Å²) >= 11 is 5.41. The van der Waals surface area contributed by atoms with Crippen LogP contribution in [0.15, 0.2) is 29.2 Å². The van der Waals surface area contributed by atoms with E-state index in [4.69, 9.17) is 16.3 Å². The Hall–Kier alpha value is -0.950. The topological polar surface area (TPSA) is 63.7 Å². The van der Waals surface area contributed by atoms with Crippen molar-refractivity contribution in [1.29, 1.82) is 0 Å². The number of benzene rings is 1. The zero-order valence-corrected chi connectivity index (χ0v) is 11.1. The van der Waals surface area contributed by atoms with Gasteiger partial charge in [0.25, 0.3) is 5.24 Å². The molecule has 0 radical (unpaired) electrons. The van der Waals surface area contributed by atoms with Gasteiger partial charge in [-0.05, 0) is 23.7 Å². The van der Waals surface area contributed by atoms with Crippen LogP contribution in [0.5, 0.6) is 0 Å². The summed E-state index contributed by atoms with van der Waals surface area (Å²) in [7, 11) is -3.69. The van der Waals surface area contributed by atoms with E-state index in [-0.39, 0.29) is 23.5 Å². The molecular weight excluding hydrogens is 278 g/mol. The van der Waals surface area contributed by atoms with Crippen LogP contribution in [-0.2, 0) is 14.8 Å². The molecule has 1 fully saturated rings. The summed E-state index contributed by atoms with van der Waals surface area (Å²) in [6.07, 6.45) is 0. The number of nitrogens with zero attached hydrogens (tertiary/aromatic N) is 1. The molecule has 0 bridgehead atoms. The van der Waals surface area contributed by atoms with Gasteiger partial charge in [0.05, 0.1) is 23.7 Å². The third kappa shape index (κ3) is 2.56. The molecule has 0 aliphatic carbocycles. The number of halogens is 1. The van der Waals surface area contributed by atoms with Crippen LogP contribution in [0, 0.1) is 0 Å². The third-order valence-electron chi connectivity index (χ3n) is 2.69. The summed E-state index contributed by atoms with van der Waals surface area (Å²) in [4.78, 5) is 11.2. The van der Waals surface area contributed by atoms with Crippen LogP contribution in [0.2, 0.25) is 0 Å². The number of rotatable bonds is 3. The summed E-state index contributed by atoms with van der Waals surface area (Å²) in [5.41, 5.74) is 0.00524.